The minimum atomic E-state index is -0.959. The van der Waals surface area contributed by atoms with E-state index >= 15 is 0 Å². The predicted molar refractivity (Wildman–Crippen MR) is 107 cm³/mol. The van der Waals surface area contributed by atoms with Gasteiger partial charge in [0.1, 0.15) is 0 Å². The van der Waals surface area contributed by atoms with Gasteiger partial charge in [0.05, 0.1) is 18.4 Å². The third-order valence-electron chi connectivity index (χ3n) is 4.30. The first-order chi connectivity index (χ1) is 12.3. The van der Waals surface area contributed by atoms with E-state index in [1.807, 2.05) is 13.8 Å². The molecule has 0 spiro atoms. The van der Waals surface area contributed by atoms with Gasteiger partial charge in [-0.3, -0.25) is 13.9 Å². The summed E-state index contributed by atoms with van der Waals surface area (Å²) in [6, 6.07) is -0.240. The molecule has 0 aliphatic carbocycles. The summed E-state index contributed by atoms with van der Waals surface area (Å²) in [4.78, 5) is 24.3. The van der Waals surface area contributed by atoms with Crippen LogP contribution in [0.2, 0.25) is 0 Å². The molecule has 1 heterocycles. The SMILES string of the molecule is C=C(NC(C)C)C(CN)NC(=O)C(CC(=O)O)C(CCC)SN1CCC1. The highest BCUT2D eigenvalue weighted by Crippen LogP contribution is 2.33. The van der Waals surface area contributed by atoms with Crippen LogP contribution in [0.25, 0.3) is 0 Å². The molecule has 1 aliphatic rings. The van der Waals surface area contributed by atoms with E-state index in [1.165, 1.54) is 0 Å². The van der Waals surface area contributed by atoms with Crippen LogP contribution in [0.3, 0.4) is 0 Å². The number of hydrogen-bond donors (Lipinski definition) is 4. The number of aliphatic carboxylic acids is 1. The van der Waals surface area contributed by atoms with Crippen molar-refractivity contribution in [3.63, 3.8) is 0 Å². The fraction of sp³-hybridized carbons (Fsp3) is 0.778. The van der Waals surface area contributed by atoms with Gasteiger partial charge in [-0.15, -0.1) is 0 Å². The van der Waals surface area contributed by atoms with Gasteiger partial charge in [-0.2, -0.15) is 0 Å². The number of hydrogen-bond acceptors (Lipinski definition) is 6. The Morgan fingerprint density at radius 2 is 1.96 bits per heavy atom. The van der Waals surface area contributed by atoms with Crippen molar-refractivity contribution in [3.8, 4) is 0 Å². The molecule has 1 aliphatic heterocycles. The van der Waals surface area contributed by atoms with Crippen LogP contribution in [0.4, 0.5) is 0 Å². The van der Waals surface area contributed by atoms with Crippen LogP contribution in [0.15, 0.2) is 12.3 Å². The first-order valence-electron chi connectivity index (χ1n) is 9.37. The van der Waals surface area contributed by atoms with Crippen molar-refractivity contribution in [1.82, 2.24) is 14.9 Å². The molecule has 3 unspecified atom stereocenters. The van der Waals surface area contributed by atoms with Crippen LogP contribution >= 0.6 is 11.9 Å². The van der Waals surface area contributed by atoms with E-state index in [2.05, 4.69) is 28.4 Å². The van der Waals surface area contributed by atoms with Crippen molar-refractivity contribution in [3.05, 3.63) is 12.3 Å². The highest BCUT2D eigenvalue weighted by molar-refractivity contribution is 7.97. The molecule has 0 aromatic heterocycles. The normalized spacial score (nSPS) is 17.9. The molecule has 5 N–H and O–H groups in total. The van der Waals surface area contributed by atoms with E-state index in [4.69, 9.17) is 5.73 Å². The Hall–Kier alpha value is -1.25. The monoisotopic (exact) mass is 386 g/mol. The van der Waals surface area contributed by atoms with Crippen LogP contribution in [-0.4, -0.2) is 58.3 Å². The number of nitrogens with zero attached hydrogens (tertiary/aromatic N) is 1. The highest BCUT2D eigenvalue weighted by Gasteiger charge is 2.34. The summed E-state index contributed by atoms with van der Waals surface area (Å²) in [5, 5.41) is 15.3. The first kappa shape index (κ1) is 22.8. The lowest BCUT2D eigenvalue weighted by Gasteiger charge is -2.35. The van der Waals surface area contributed by atoms with Gasteiger partial charge in [0.25, 0.3) is 0 Å². The minimum absolute atomic E-state index is 0.0545. The van der Waals surface area contributed by atoms with E-state index in [9.17, 15) is 14.7 Å². The number of rotatable bonds is 13. The van der Waals surface area contributed by atoms with Crippen LogP contribution in [-0.2, 0) is 9.59 Å². The number of carboxylic acid groups (broad SMARTS) is 1. The number of nitrogens with one attached hydrogen (secondary N) is 2. The molecule has 0 radical (unpaired) electrons. The molecule has 7 nitrogen and oxygen atoms in total. The lowest BCUT2D eigenvalue weighted by Crippen LogP contribution is -2.50. The molecular weight excluding hydrogens is 352 g/mol. The van der Waals surface area contributed by atoms with Gasteiger partial charge in [0.15, 0.2) is 0 Å². The van der Waals surface area contributed by atoms with Gasteiger partial charge in [0.2, 0.25) is 5.91 Å². The lowest BCUT2D eigenvalue weighted by molar-refractivity contribution is -0.141. The molecule has 1 rings (SSSR count). The topological polar surface area (TPSA) is 108 Å². The molecule has 1 saturated heterocycles. The zero-order chi connectivity index (χ0) is 19.7. The maximum absolute atomic E-state index is 12.9. The maximum atomic E-state index is 12.9. The summed E-state index contributed by atoms with van der Waals surface area (Å²) >= 11 is 1.63. The van der Waals surface area contributed by atoms with Gasteiger partial charge >= 0.3 is 5.97 Å². The molecular formula is C18H34N4O3S. The number of carbonyl (C=O) groups is 2. The molecule has 0 aromatic carbocycles. The standard InChI is InChI=1S/C18H34N4O3S/c1-5-7-16(26-22-8-6-9-22)14(10-17(23)24)18(25)21-15(11-19)13(4)20-12(2)3/h12,14-16,20H,4-11,19H2,1-3H3,(H,21,25)(H,23,24). The highest BCUT2D eigenvalue weighted by atomic mass is 32.2. The van der Waals surface area contributed by atoms with Crippen molar-refractivity contribution in [2.45, 2.75) is 63.8 Å². The summed E-state index contributed by atoms with van der Waals surface area (Å²) < 4.78 is 2.21. The second-order valence-corrected chi connectivity index (χ2v) is 8.37. The van der Waals surface area contributed by atoms with Crippen molar-refractivity contribution >= 4 is 23.8 Å². The molecule has 1 fully saturated rings. The van der Waals surface area contributed by atoms with E-state index in [0.717, 1.165) is 32.4 Å². The Morgan fingerprint density at radius 3 is 2.38 bits per heavy atom. The Balaban J connectivity index is 2.84. The number of carboxylic acids is 1. The van der Waals surface area contributed by atoms with Crippen LogP contribution in [0.5, 0.6) is 0 Å². The average Bonchev–Trinajstić information content (AvgIpc) is 2.51. The summed E-state index contributed by atoms with van der Waals surface area (Å²) in [6.45, 7) is 12.2. The molecule has 0 saturated carbocycles. The smallest absolute Gasteiger partial charge is 0.304 e. The molecule has 26 heavy (non-hydrogen) atoms. The number of nitrogens with two attached hydrogens (primary N) is 1. The van der Waals surface area contributed by atoms with E-state index in [0.29, 0.717) is 5.70 Å². The van der Waals surface area contributed by atoms with Gasteiger partial charge in [0, 0.05) is 36.6 Å². The fourth-order valence-electron chi connectivity index (χ4n) is 2.82. The van der Waals surface area contributed by atoms with Gasteiger partial charge in [-0.05, 0) is 26.7 Å². The Labute approximate surface area is 161 Å². The Bertz CT molecular complexity index is 483. The van der Waals surface area contributed by atoms with E-state index < -0.39 is 17.9 Å². The first-order valence-corrected chi connectivity index (χ1v) is 10.2. The van der Waals surface area contributed by atoms with Crippen molar-refractivity contribution in [2.24, 2.45) is 11.7 Å². The summed E-state index contributed by atoms with van der Waals surface area (Å²) in [5.41, 5.74) is 6.45. The molecule has 0 bridgehead atoms. The molecule has 150 valence electrons. The minimum Gasteiger partial charge on any atom is -0.481 e. The zero-order valence-corrected chi connectivity index (χ0v) is 17.0. The van der Waals surface area contributed by atoms with Gasteiger partial charge in [-0.25, -0.2) is 0 Å². The third kappa shape index (κ3) is 7.55. The Morgan fingerprint density at radius 1 is 1.31 bits per heavy atom. The van der Waals surface area contributed by atoms with Gasteiger partial charge < -0.3 is 21.5 Å². The van der Waals surface area contributed by atoms with Crippen LogP contribution in [0, 0.1) is 5.92 Å². The number of carbonyl (C=O) groups excluding carboxylic acids is 1. The fourth-order valence-corrected chi connectivity index (χ4v) is 4.38. The molecule has 0 aromatic rings. The average molecular weight is 387 g/mol. The third-order valence-corrected chi connectivity index (χ3v) is 5.80. The van der Waals surface area contributed by atoms with Crippen LogP contribution < -0.4 is 16.4 Å². The summed E-state index contributed by atoms with van der Waals surface area (Å²) in [7, 11) is 0. The lowest BCUT2D eigenvalue weighted by atomic mass is 9.96. The quantitative estimate of drug-likeness (QED) is 0.356. The van der Waals surface area contributed by atoms with Crippen molar-refractivity contribution in [1.29, 1.82) is 0 Å². The molecule has 3 atom stereocenters. The second kappa shape index (κ2) is 11.5. The van der Waals surface area contributed by atoms with Crippen molar-refractivity contribution < 1.29 is 14.7 Å². The predicted octanol–water partition coefficient (Wildman–Crippen LogP) is 1.56. The number of amides is 1. The molecule has 1 amide bonds. The summed E-state index contributed by atoms with van der Waals surface area (Å²) in [5.74, 6) is -1.82. The molecule has 8 heteroatoms. The van der Waals surface area contributed by atoms with E-state index in [1.54, 1.807) is 11.9 Å². The zero-order valence-electron chi connectivity index (χ0n) is 16.2. The Kier molecular flexibility index (Phi) is 10.0. The second-order valence-electron chi connectivity index (χ2n) is 7.04. The maximum Gasteiger partial charge on any atom is 0.304 e. The summed E-state index contributed by atoms with van der Waals surface area (Å²) in [6.07, 6.45) is 2.66. The van der Waals surface area contributed by atoms with Crippen LogP contribution in [0.1, 0.15) is 46.5 Å². The van der Waals surface area contributed by atoms with Crippen molar-refractivity contribution in [2.75, 3.05) is 19.6 Å². The largest absolute Gasteiger partial charge is 0.481 e. The van der Waals surface area contributed by atoms with Gasteiger partial charge in [-0.1, -0.05) is 31.9 Å². The van der Waals surface area contributed by atoms with E-state index in [-0.39, 0.29) is 30.2 Å².